The SMILES string of the molecule is OC(c1ccc2[nH]ccc2c1)c1ccc(Br)o1. The number of nitrogens with one attached hydrogen (secondary N) is 1. The van der Waals surface area contributed by atoms with Crippen LogP contribution in [0.25, 0.3) is 10.9 Å². The second-order valence-corrected chi connectivity index (χ2v) is 4.65. The van der Waals surface area contributed by atoms with Crippen molar-refractivity contribution in [3.05, 3.63) is 58.6 Å². The zero-order valence-electron chi connectivity index (χ0n) is 8.85. The Balaban J connectivity index is 2.02. The predicted octanol–water partition coefficient (Wildman–Crippen LogP) is 3.61. The number of aliphatic hydroxyl groups excluding tert-OH is 1. The van der Waals surface area contributed by atoms with E-state index in [1.165, 1.54) is 0 Å². The fraction of sp³-hybridized carbons (Fsp3) is 0.0769. The summed E-state index contributed by atoms with van der Waals surface area (Å²) in [6.07, 6.45) is 1.14. The van der Waals surface area contributed by atoms with Gasteiger partial charge in [-0.1, -0.05) is 6.07 Å². The molecule has 0 saturated heterocycles. The standard InChI is InChI=1S/C13H10BrNO2/c14-12-4-3-11(17-12)13(16)9-1-2-10-8(7-9)5-6-15-10/h1-7,13,15-16H. The summed E-state index contributed by atoms with van der Waals surface area (Å²) >= 11 is 3.22. The summed E-state index contributed by atoms with van der Waals surface area (Å²) in [5.41, 5.74) is 1.88. The van der Waals surface area contributed by atoms with Gasteiger partial charge >= 0.3 is 0 Å². The number of halogens is 1. The molecular formula is C13H10BrNO2. The van der Waals surface area contributed by atoms with Gasteiger partial charge in [-0.3, -0.25) is 0 Å². The number of fused-ring (bicyclic) bond motifs is 1. The minimum absolute atomic E-state index is 0.534. The maximum absolute atomic E-state index is 10.2. The molecule has 0 aliphatic rings. The van der Waals surface area contributed by atoms with Gasteiger partial charge in [0.25, 0.3) is 0 Å². The third kappa shape index (κ3) is 1.90. The molecule has 3 rings (SSSR count). The fourth-order valence-electron chi connectivity index (χ4n) is 1.88. The number of hydrogen-bond donors (Lipinski definition) is 2. The Bertz CT molecular complexity index is 656. The van der Waals surface area contributed by atoms with E-state index in [-0.39, 0.29) is 0 Å². The monoisotopic (exact) mass is 291 g/mol. The van der Waals surface area contributed by atoms with Crippen molar-refractivity contribution in [2.75, 3.05) is 0 Å². The van der Waals surface area contributed by atoms with Crippen LogP contribution in [-0.2, 0) is 0 Å². The van der Waals surface area contributed by atoms with Gasteiger partial charge in [-0.15, -0.1) is 0 Å². The molecule has 3 nitrogen and oxygen atoms in total. The third-order valence-corrected chi connectivity index (χ3v) is 3.18. The van der Waals surface area contributed by atoms with Crippen LogP contribution in [0, 0.1) is 0 Å². The summed E-state index contributed by atoms with van der Waals surface area (Å²) < 4.78 is 5.97. The molecule has 1 unspecified atom stereocenters. The number of aliphatic hydroxyl groups is 1. The Labute approximate surface area is 106 Å². The molecule has 3 aromatic rings. The topological polar surface area (TPSA) is 49.2 Å². The lowest BCUT2D eigenvalue weighted by molar-refractivity contribution is 0.188. The fourth-order valence-corrected chi connectivity index (χ4v) is 2.20. The van der Waals surface area contributed by atoms with Crippen molar-refractivity contribution in [3.63, 3.8) is 0 Å². The van der Waals surface area contributed by atoms with Crippen LogP contribution in [0.3, 0.4) is 0 Å². The molecule has 0 aliphatic heterocycles. The molecule has 1 atom stereocenters. The average Bonchev–Trinajstić information content (AvgIpc) is 2.95. The predicted molar refractivity (Wildman–Crippen MR) is 68.8 cm³/mol. The van der Waals surface area contributed by atoms with E-state index in [0.29, 0.717) is 10.4 Å². The summed E-state index contributed by atoms with van der Waals surface area (Å²) in [4.78, 5) is 3.12. The van der Waals surface area contributed by atoms with Gasteiger partial charge < -0.3 is 14.5 Å². The molecule has 86 valence electrons. The van der Waals surface area contributed by atoms with Crippen molar-refractivity contribution in [2.24, 2.45) is 0 Å². The number of aromatic nitrogens is 1. The second kappa shape index (κ2) is 4.05. The van der Waals surface area contributed by atoms with Crippen LogP contribution >= 0.6 is 15.9 Å². The van der Waals surface area contributed by atoms with Gasteiger partial charge in [-0.2, -0.15) is 0 Å². The van der Waals surface area contributed by atoms with Gasteiger partial charge in [0.05, 0.1) is 0 Å². The number of benzene rings is 1. The Morgan fingerprint density at radius 2 is 2.06 bits per heavy atom. The first-order chi connectivity index (χ1) is 8.24. The molecule has 1 aromatic carbocycles. The minimum Gasteiger partial charge on any atom is -0.451 e. The lowest BCUT2D eigenvalue weighted by atomic mass is 10.1. The molecule has 2 aromatic heterocycles. The van der Waals surface area contributed by atoms with E-state index in [0.717, 1.165) is 16.5 Å². The van der Waals surface area contributed by atoms with Crippen molar-refractivity contribution in [1.82, 2.24) is 4.98 Å². The number of aromatic amines is 1. The number of hydrogen-bond acceptors (Lipinski definition) is 2. The Morgan fingerprint density at radius 3 is 2.82 bits per heavy atom. The Hall–Kier alpha value is -1.52. The van der Waals surface area contributed by atoms with E-state index in [1.807, 2.05) is 30.5 Å². The second-order valence-electron chi connectivity index (χ2n) is 3.87. The van der Waals surface area contributed by atoms with E-state index >= 15 is 0 Å². The van der Waals surface area contributed by atoms with Crippen molar-refractivity contribution < 1.29 is 9.52 Å². The van der Waals surface area contributed by atoms with E-state index in [4.69, 9.17) is 4.42 Å². The lowest BCUT2D eigenvalue weighted by Gasteiger charge is -2.08. The maximum Gasteiger partial charge on any atom is 0.169 e. The van der Waals surface area contributed by atoms with Crippen LogP contribution in [-0.4, -0.2) is 10.1 Å². The highest BCUT2D eigenvalue weighted by Gasteiger charge is 2.14. The van der Waals surface area contributed by atoms with Crippen LogP contribution in [0.1, 0.15) is 17.4 Å². The van der Waals surface area contributed by atoms with Crippen LogP contribution in [0.5, 0.6) is 0 Å². The van der Waals surface area contributed by atoms with Gasteiger partial charge in [0.1, 0.15) is 11.9 Å². The molecular weight excluding hydrogens is 282 g/mol. The third-order valence-electron chi connectivity index (χ3n) is 2.76. The summed E-state index contributed by atoms with van der Waals surface area (Å²) in [5, 5.41) is 11.3. The van der Waals surface area contributed by atoms with E-state index in [1.54, 1.807) is 12.1 Å². The number of H-pyrrole nitrogens is 1. The average molecular weight is 292 g/mol. The smallest absolute Gasteiger partial charge is 0.169 e. The highest BCUT2D eigenvalue weighted by molar-refractivity contribution is 9.10. The van der Waals surface area contributed by atoms with Crippen molar-refractivity contribution >= 4 is 26.8 Å². The van der Waals surface area contributed by atoms with Gasteiger partial charge in [0.2, 0.25) is 0 Å². The largest absolute Gasteiger partial charge is 0.451 e. The number of rotatable bonds is 2. The first-order valence-corrected chi connectivity index (χ1v) is 6.04. The molecule has 0 saturated carbocycles. The lowest BCUT2D eigenvalue weighted by Crippen LogP contribution is -1.97. The van der Waals surface area contributed by atoms with Gasteiger partial charge in [-0.05, 0) is 57.2 Å². The first-order valence-electron chi connectivity index (χ1n) is 5.24. The van der Waals surface area contributed by atoms with Crippen LogP contribution in [0.15, 0.2) is 51.7 Å². The molecule has 0 radical (unpaired) electrons. The summed E-state index contributed by atoms with van der Waals surface area (Å²) in [6, 6.07) is 11.3. The summed E-state index contributed by atoms with van der Waals surface area (Å²) in [6.45, 7) is 0. The molecule has 2 heterocycles. The quantitative estimate of drug-likeness (QED) is 0.758. The number of furan rings is 1. The molecule has 2 N–H and O–H groups in total. The Morgan fingerprint density at radius 1 is 1.18 bits per heavy atom. The molecule has 0 bridgehead atoms. The molecule has 0 aliphatic carbocycles. The van der Waals surface area contributed by atoms with Gasteiger partial charge in [-0.25, -0.2) is 0 Å². The zero-order valence-corrected chi connectivity index (χ0v) is 10.4. The van der Waals surface area contributed by atoms with E-state index < -0.39 is 6.10 Å². The highest BCUT2D eigenvalue weighted by atomic mass is 79.9. The molecule has 0 fully saturated rings. The highest BCUT2D eigenvalue weighted by Crippen LogP contribution is 2.27. The molecule has 0 spiro atoms. The van der Waals surface area contributed by atoms with Gasteiger partial charge in [0, 0.05) is 11.7 Å². The molecule has 17 heavy (non-hydrogen) atoms. The summed E-state index contributed by atoms with van der Waals surface area (Å²) in [7, 11) is 0. The van der Waals surface area contributed by atoms with E-state index in [9.17, 15) is 5.11 Å². The van der Waals surface area contributed by atoms with Crippen LogP contribution in [0.2, 0.25) is 0 Å². The van der Waals surface area contributed by atoms with Crippen LogP contribution in [0.4, 0.5) is 0 Å². The summed E-state index contributed by atoms with van der Waals surface area (Å²) in [5.74, 6) is 0.534. The van der Waals surface area contributed by atoms with Gasteiger partial charge in [0.15, 0.2) is 4.67 Å². The zero-order chi connectivity index (χ0) is 11.8. The minimum atomic E-state index is -0.736. The molecule has 0 amide bonds. The Kier molecular flexibility index (Phi) is 2.53. The van der Waals surface area contributed by atoms with Crippen molar-refractivity contribution in [1.29, 1.82) is 0 Å². The van der Waals surface area contributed by atoms with Crippen molar-refractivity contribution in [3.8, 4) is 0 Å². The van der Waals surface area contributed by atoms with E-state index in [2.05, 4.69) is 20.9 Å². The first kappa shape index (κ1) is 10.6. The van der Waals surface area contributed by atoms with Crippen LogP contribution < -0.4 is 0 Å². The molecule has 4 heteroatoms. The van der Waals surface area contributed by atoms with Crippen molar-refractivity contribution in [2.45, 2.75) is 6.10 Å². The maximum atomic E-state index is 10.2. The normalized spacial score (nSPS) is 13.1.